The van der Waals surface area contributed by atoms with E-state index >= 15 is 0 Å². The highest BCUT2D eigenvalue weighted by Gasteiger charge is 2.32. The molecule has 30 heavy (non-hydrogen) atoms. The third kappa shape index (κ3) is 4.20. The highest BCUT2D eigenvalue weighted by molar-refractivity contribution is 5.98. The van der Waals surface area contributed by atoms with Gasteiger partial charge in [0.25, 0.3) is 5.91 Å². The van der Waals surface area contributed by atoms with Crippen LogP contribution >= 0.6 is 0 Å². The number of nitrogens with one attached hydrogen (secondary N) is 2. The number of aromatic nitrogens is 5. The minimum absolute atomic E-state index is 0.105. The van der Waals surface area contributed by atoms with Gasteiger partial charge < -0.3 is 22.1 Å². The second-order valence-electron chi connectivity index (χ2n) is 7.09. The maximum atomic E-state index is 14.3. The molecule has 0 radical (unpaired) electrons. The smallest absolute Gasteiger partial charge is 0.254 e. The second-order valence-corrected chi connectivity index (χ2v) is 7.09. The van der Waals surface area contributed by atoms with Crippen LogP contribution in [0, 0.1) is 0 Å². The molecule has 156 valence electrons. The van der Waals surface area contributed by atoms with Crippen LogP contribution in [0.3, 0.4) is 0 Å². The van der Waals surface area contributed by atoms with Crippen LogP contribution in [0.2, 0.25) is 0 Å². The molecular formula is C19H22FN9O. The molecule has 1 aliphatic rings. The van der Waals surface area contributed by atoms with E-state index < -0.39 is 18.1 Å². The Bertz CT molecular complexity index is 1020. The van der Waals surface area contributed by atoms with Gasteiger partial charge in [-0.25, -0.2) is 9.37 Å². The van der Waals surface area contributed by atoms with Crippen LogP contribution in [0.15, 0.2) is 42.9 Å². The predicted octanol–water partition coefficient (Wildman–Crippen LogP) is 1.53. The van der Waals surface area contributed by atoms with Crippen LogP contribution in [0.4, 0.5) is 21.8 Å². The average Bonchev–Trinajstić information content (AvgIpc) is 3.26. The highest BCUT2D eigenvalue weighted by atomic mass is 19.1. The first-order valence-corrected chi connectivity index (χ1v) is 9.58. The maximum Gasteiger partial charge on any atom is 0.254 e. The van der Waals surface area contributed by atoms with Crippen molar-refractivity contribution < 1.29 is 9.18 Å². The number of hydrogen-bond donors (Lipinski definition) is 4. The van der Waals surface area contributed by atoms with Gasteiger partial charge in [0.15, 0.2) is 0 Å². The van der Waals surface area contributed by atoms with E-state index in [1.54, 1.807) is 30.6 Å². The van der Waals surface area contributed by atoms with E-state index in [1.807, 2.05) is 6.07 Å². The molecule has 3 unspecified atom stereocenters. The van der Waals surface area contributed by atoms with E-state index in [2.05, 4.69) is 30.8 Å². The van der Waals surface area contributed by atoms with Crippen LogP contribution in [-0.2, 0) is 0 Å². The second kappa shape index (κ2) is 8.41. The van der Waals surface area contributed by atoms with Crippen LogP contribution in [0.25, 0.3) is 5.69 Å². The molecule has 1 amide bonds. The Hall–Kier alpha value is -3.60. The van der Waals surface area contributed by atoms with Gasteiger partial charge in [-0.15, -0.1) is 0 Å². The number of carbonyl (C=O) groups is 1. The van der Waals surface area contributed by atoms with Gasteiger partial charge in [-0.3, -0.25) is 4.79 Å². The van der Waals surface area contributed by atoms with Gasteiger partial charge in [0, 0.05) is 17.9 Å². The molecule has 11 heteroatoms. The van der Waals surface area contributed by atoms with Crippen LogP contribution in [0.5, 0.6) is 0 Å². The Morgan fingerprint density at radius 2 is 2.03 bits per heavy atom. The fourth-order valence-corrected chi connectivity index (χ4v) is 3.44. The van der Waals surface area contributed by atoms with Gasteiger partial charge in [0.1, 0.15) is 17.6 Å². The number of anilines is 3. The average molecular weight is 411 g/mol. The molecule has 3 atom stereocenters. The largest absolute Gasteiger partial charge is 0.365 e. The number of rotatable bonds is 6. The summed E-state index contributed by atoms with van der Waals surface area (Å²) in [7, 11) is 0. The fraction of sp³-hybridized carbons (Fsp3) is 0.316. The van der Waals surface area contributed by atoms with E-state index in [9.17, 15) is 9.18 Å². The summed E-state index contributed by atoms with van der Waals surface area (Å²) in [5.74, 6) is -0.325. The third-order valence-electron chi connectivity index (χ3n) is 4.98. The van der Waals surface area contributed by atoms with Crippen molar-refractivity contribution in [1.82, 2.24) is 25.0 Å². The molecule has 0 aliphatic heterocycles. The zero-order chi connectivity index (χ0) is 21.1. The normalized spacial score (nSPS) is 21.2. The quantitative estimate of drug-likeness (QED) is 0.477. The van der Waals surface area contributed by atoms with Gasteiger partial charge in [0.05, 0.1) is 24.1 Å². The number of amides is 1. The molecule has 1 aromatic carbocycles. The molecular weight excluding hydrogens is 389 g/mol. The molecule has 4 rings (SSSR count). The summed E-state index contributed by atoms with van der Waals surface area (Å²) >= 11 is 0. The topological polar surface area (TPSA) is 150 Å². The lowest BCUT2D eigenvalue weighted by Crippen LogP contribution is -2.49. The lowest BCUT2D eigenvalue weighted by Gasteiger charge is -2.32. The lowest BCUT2D eigenvalue weighted by atomic mass is 9.89. The van der Waals surface area contributed by atoms with E-state index in [4.69, 9.17) is 11.5 Å². The molecule has 0 bridgehead atoms. The molecule has 2 aromatic heterocycles. The van der Waals surface area contributed by atoms with Gasteiger partial charge in [0.2, 0.25) is 5.95 Å². The SMILES string of the molecule is NC(=O)c1cnc(NC2C(N)CCCC2F)nc1Nc1cccc(-n2nccn2)c1. The molecule has 10 nitrogen and oxygen atoms in total. The number of alkyl halides is 1. The number of halogens is 1. The maximum absolute atomic E-state index is 14.3. The van der Waals surface area contributed by atoms with Gasteiger partial charge in [-0.05, 0) is 37.5 Å². The molecule has 1 saturated carbocycles. The minimum Gasteiger partial charge on any atom is -0.365 e. The summed E-state index contributed by atoms with van der Waals surface area (Å²) in [4.78, 5) is 21.8. The first kappa shape index (κ1) is 19.7. The summed E-state index contributed by atoms with van der Waals surface area (Å²) in [6.45, 7) is 0. The molecule has 3 aromatic rings. The number of primary amides is 1. The Morgan fingerprint density at radius 1 is 1.23 bits per heavy atom. The van der Waals surface area contributed by atoms with E-state index in [1.165, 1.54) is 11.0 Å². The summed E-state index contributed by atoms with van der Waals surface area (Å²) in [6.07, 6.45) is 5.25. The number of nitrogens with zero attached hydrogens (tertiary/aromatic N) is 5. The van der Waals surface area contributed by atoms with Gasteiger partial charge >= 0.3 is 0 Å². The fourth-order valence-electron chi connectivity index (χ4n) is 3.44. The van der Waals surface area contributed by atoms with Crippen molar-refractivity contribution in [1.29, 1.82) is 0 Å². The summed E-state index contributed by atoms with van der Waals surface area (Å²) in [6, 6.07) is 6.28. The highest BCUT2D eigenvalue weighted by Crippen LogP contribution is 2.25. The molecule has 0 saturated heterocycles. The Morgan fingerprint density at radius 3 is 2.77 bits per heavy atom. The Balaban J connectivity index is 1.61. The molecule has 1 fully saturated rings. The van der Waals surface area contributed by atoms with Crippen molar-refractivity contribution in [2.24, 2.45) is 11.5 Å². The first-order valence-electron chi connectivity index (χ1n) is 9.58. The summed E-state index contributed by atoms with van der Waals surface area (Å²) in [5.41, 5.74) is 13.0. The number of carbonyl (C=O) groups excluding carboxylic acids is 1. The summed E-state index contributed by atoms with van der Waals surface area (Å²) in [5, 5.41) is 14.2. The van der Waals surface area contributed by atoms with Crippen LogP contribution in [0.1, 0.15) is 29.6 Å². The van der Waals surface area contributed by atoms with Crippen molar-refractivity contribution in [2.75, 3.05) is 10.6 Å². The van der Waals surface area contributed by atoms with Crippen LogP contribution in [-0.4, -0.2) is 49.1 Å². The Labute approximate surface area is 171 Å². The van der Waals surface area contributed by atoms with Crippen molar-refractivity contribution in [3.8, 4) is 5.69 Å². The molecule has 6 N–H and O–H groups in total. The van der Waals surface area contributed by atoms with Crippen molar-refractivity contribution in [2.45, 2.75) is 37.5 Å². The van der Waals surface area contributed by atoms with Crippen molar-refractivity contribution in [3.05, 3.63) is 48.4 Å². The first-order chi connectivity index (χ1) is 14.5. The van der Waals surface area contributed by atoms with E-state index in [0.717, 1.165) is 12.8 Å². The zero-order valence-corrected chi connectivity index (χ0v) is 16.1. The molecule has 0 spiro atoms. The number of benzene rings is 1. The number of hydrogen-bond acceptors (Lipinski definition) is 8. The van der Waals surface area contributed by atoms with Crippen molar-refractivity contribution >= 4 is 23.4 Å². The number of nitrogens with two attached hydrogens (primary N) is 2. The molecule has 2 heterocycles. The van der Waals surface area contributed by atoms with E-state index in [0.29, 0.717) is 17.8 Å². The minimum atomic E-state index is -1.09. The van der Waals surface area contributed by atoms with E-state index in [-0.39, 0.29) is 23.4 Å². The van der Waals surface area contributed by atoms with Crippen LogP contribution < -0.4 is 22.1 Å². The summed E-state index contributed by atoms with van der Waals surface area (Å²) < 4.78 is 14.3. The monoisotopic (exact) mass is 411 g/mol. The standard InChI is InChI=1S/C19H22FN9O/c20-14-5-2-6-15(21)16(14)27-19-23-10-13(17(22)30)18(28-19)26-11-3-1-4-12(9-11)29-24-7-8-25-29/h1,3-4,7-10,14-16H,2,5-6,21H2,(H2,22,30)(H2,23,26,27,28). The predicted molar refractivity (Wildman–Crippen MR) is 109 cm³/mol. The molecule has 1 aliphatic carbocycles. The third-order valence-corrected chi connectivity index (χ3v) is 4.98. The Kier molecular flexibility index (Phi) is 5.53. The van der Waals surface area contributed by atoms with Gasteiger partial charge in [-0.1, -0.05) is 6.07 Å². The van der Waals surface area contributed by atoms with Gasteiger partial charge in [-0.2, -0.15) is 20.0 Å². The zero-order valence-electron chi connectivity index (χ0n) is 16.1. The lowest BCUT2D eigenvalue weighted by molar-refractivity contribution is 0.100. The van der Waals surface area contributed by atoms with Crippen molar-refractivity contribution in [3.63, 3.8) is 0 Å².